The number of likely N-dealkylation sites (N-methyl/N-ethyl adjacent to an activating group) is 1. The Morgan fingerprint density at radius 2 is 1.98 bits per heavy atom. The SMILES string of the molecule is CNCCNc1ccc2cc(OC[C@H](O/N=C(\C(=O)N[C@@H]3C(=O)N(OS(=O)(=O)O)C3(C)C)c3csc(N)n3)C(=O)O)ccc2n1. The number of carbonyl (C=O) groups is 3. The zero-order valence-corrected chi connectivity index (χ0v) is 25.7. The number of ether oxygens (including phenoxy) is 1. The summed E-state index contributed by atoms with van der Waals surface area (Å²) in [5, 5.41) is 24.6. The van der Waals surface area contributed by atoms with E-state index >= 15 is 0 Å². The van der Waals surface area contributed by atoms with Gasteiger partial charge in [-0.05, 0) is 51.2 Å². The number of nitrogens with one attached hydrogen (secondary N) is 3. The van der Waals surface area contributed by atoms with Crippen LogP contribution in [0.4, 0.5) is 10.9 Å². The van der Waals surface area contributed by atoms with E-state index in [-0.39, 0.29) is 10.8 Å². The van der Waals surface area contributed by atoms with E-state index in [1.807, 2.05) is 13.1 Å². The van der Waals surface area contributed by atoms with Crippen LogP contribution in [0.15, 0.2) is 40.9 Å². The average molecular weight is 667 g/mol. The lowest BCUT2D eigenvalue weighted by molar-refractivity contribution is -0.218. The number of aromatic nitrogens is 2. The molecular weight excluding hydrogens is 636 g/mol. The number of aliphatic carboxylic acids is 1. The summed E-state index contributed by atoms with van der Waals surface area (Å²) in [6, 6.07) is 7.30. The van der Waals surface area contributed by atoms with Gasteiger partial charge in [0, 0.05) is 23.9 Å². The maximum absolute atomic E-state index is 13.2. The number of hydrogen-bond donors (Lipinski definition) is 6. The Hall–Kier alpha value is -4.63. The van der Waals surface area contributed by atoms with Crippen LogP contribution in [0.25, 0.3) is 10.9 Å². The number of fused-ring (bicyclic) bond motifs is 1. The van der Waals surface area contributed by atoms with Gasteiger partial charge in [-0.3, -0.25) is 14.1 Å². The van der Waals surface area contributed by atoms with Gasteiger partial charge >= 0.3 is 16.4 Å². The average Bonchev–Trinajstić information content (AvgIpc) is 3.41. The van der Waals surface area contributed by atoms with Crippen molar-refractivity contribution in [2.45, 2.75) is 31.5 Å². The third-order valence-electron chi connectivity index (χ3n) is 6.39. The van der Waals surface area contributed by atoms with Crippen molar-refractivity contribution in [3.8, 4) is 5.75 Å². The lowest BCUT2D eigenvalue weighted by atomic mass is 9.84. The number of carboxylic acids is 1. The van der Waals surface area contributed by atoms with E-state index in [4.69, 9.17) is 19.9 Å². The Balaban J connectivity index is 1.46. The summed E-state index contributed by atoms with van der Waals surface area (Å²) in [5.41, 5.74) is 4.34. The van der Waals surface area contributed by atoms with E-state index in [0.717, 1.165) is 23.3 Å². The van der Waals surface area contributed by atoms with Gasteiger partial charge < -0.3 is 36.4 Å². The topological polar surface area (TPSA) is 257 Å². The van der Waals surface area contributed by atoms with Crippen LogP contribution >= 0.6 is 11.3 Å². The monoisotopic (exact) mass is 666 g/mol. The molecule has 2 amide bonds. The molecule has 3 heterocycles. The number of amides is 2. The molecular formula is C25H30N8O10S2. The second-order valence-corrected chi connectivity index (χ2v) is 11.9. The maximum atomic E-state index is 13.2. The van der Waals surface area contributed by atoms with Crippen LogP contribution in [0, 0.1) is 0 Å². The Labute approximate surface area is 260 Å². The van der Waals surface area contributed by atoms with E-state index in [2.05, 4.69) is 35.4 Å². The predicted molar refractivity (Wildman–Crippen MR) is 161 cm³/mol. The van der Waals surface area contributed by atoms with Gasteiger partial charge in [-0.25, -0.2) is 14.8 Å². The van der Waals surface area contributed by atoms with E-state index in [0.29, 0.717) is 28.7 Å². The molecule has 2 aromatic heterocycles. The van der Waals surface area contributed by atoms with Gasteiger partial charge in [0.2, 0.25) is 0 Å². The molecule has 1 aromatic carbocycles. The fourth-order valence-electron chi connectivity index (χ4n) is 4.06. The smallest absolute Gasteiger partial charge is 0.418 e. The first-order valence-corrected chi connectivity index (χ1v) is 15.4. The van der Waals surface area contributed by atoms with E-state index < -0.39 is 58.2 Å². The number of nitrogen functional groups attached to an aromatic ring is 1. The number of carbonyl (C=O) groups excluding carboxylic acids is 2. The molecule has 1 aliphatic rings. The highest BCUT2D eigenvalue weighted by atomic mass is 32.3. The molecule has 1 aliphatic heterocycles. The molecule has 2 atom stereocenters. The van der Waals surface area contributed by atoms with Crippen LogP contribution in [0.1, 0.15) is 19.5 Å². The van der Waals surface area contributed by atoms with Gasteiger partial charge in [-0.1, -0.05) is 5.16 Å². The molecule has 242 valence electrons. The molecule has 18 nitrogen and oxygen atoms in total. The number of oxime groups is 1. The number of rotatable bonds is 15. The minimum absolute atomic E-state index is 0.0584. The summed E-state index contributed by atoms with van der Waals surface area (Å²) in [6.07, 6.45) is -1.68. The first kappa shape index (κ1) is 33.3. The minimum atomic E-state index is -5.01. The largest absolute Gasteiger partial charge is 0.489 e. The lowest BCUT2D eigenvalue weighted by Gasteiger charge is -2.50. The van der Waals surface area contributed by atoms with E-state index in [1.54, 1.807) is 24.3 Å². The molecule has 1 saturated heterocycles. The Kier molecular flexibility index (Phi) is 10.0. The first-order valence-electron chi connectivity index (χ1n) is 13.1. The third-order valence-corrected chi connectivity index (χ3v) is 7.40. The molecule has 3 aromatic rings. The number of anilines is 2. The van der Waals surface area contributed by atoms with Crippen LogP contribution in [0.3, 0.4) is 0 Å². The fourth-order valence-corrected chi connectivity index (χ4v) is 5.06. The normalized spacial score (nSPS) is 17.0. The van der Waals surface area contributed by atoms with Gasteiger partial charge in [0.1, 0.15) is 29.9 Å². The van der Waals surface area contributed by atoms with E-state index in [9.17, 15) is 27.9 Å². The molecule has 0 saturated carbocycles. The summed E-state index contributed by atoms with van der Waals surface area (Å²) in [6.45, 7) is 3.67. The molecule has 7 N–H and O–H groups in total. The van der Waals surface area contributed by atoms with Gasteiger partial charge in [-0.2, -0.15) is 13.5 Å². The predicted octanol–water partition coefficient (Wildman–Crippen LogP) is -0.00230. The molecule has 4 rings (SSSR count). The molecule has 45 heavy (non-hydrogen) atoms. The van der Waals surface area contributed by atoms with Crippen molar-refractivity contribution >= 4 is 67.1 Å². The zero-order chi connectivity index (χ0) is 32.9. The fraction of sp³-hybridized carbons (Fsp3) is 0.360. The number of nitrogens with zero attached hydrogens (tertiary/aromatic N) is 4. The van der Waals surface area contributed by atoms with Gasteiger partial charge in [0.15, 0.2) is 10.8 Å². The number of hydrogen-bond acceptors (Lipinski definition) is 15. The summed E-state index contributed by atoms with van der Waals surface area (Å²) < 4.78 is 41.0. The van der Waals surface area contributed by atoms with Crippen LogP contribution in [0.5, 0.6) is 5.75 Å². The highest BCUT2D eigenvalue weighted by Gasteiger charge is 2.58. The van der Waals surface area contributed by atoms with Gasteiger partial charge in [-0.15, -0.1) is 15.6 Å². The first-order chi connectivity index (χ1) is 21.2. The number of thiazole rings is 1. The number of β-lactam (4-membered cyclic amide) rings is 1. The molecule has 0 aliphatic carbocycles. The molecule has 0 radical (unpaired) electrons. The number of nitrogens with two attached hydrogens (primary N) is 1. The summed E-state index contributed by atoms with van der Waals surface area (Å²) >= 11 is 0.958. The highest BCUT2D eigenvalue weighted by molar-refractivity contribution is 7.80. The third kappa shape index (κ3) is 8.10. The van der Waals surface area contributed by atoms with Crippen LogP contribution in [0.2, 0.25) is 0 Å². The highest BCUT2D eigenvalue weighted by Crippen LogP contribution is 2.33. The Morgan fingerprint density at radius 1 is 1.22 bits per heavy atom. The summed E-state index contributed by atoms with van der Waals surface area (Å²) in [5.74, 6) is -2.45. The number of benzene rings is 1. The number of carboxylic acid groups (broad SMARTS) is 1. The lowest BCUT2D eigenvalue weighted by Crippen LogP contribution is -2.76. The van der Waals surface area contributed by atoms with Crippen LogP contribution < -0.4 is 26.4 Å². The second kappa shape index (κ2) is 13.6. The van der Waals surface area contributed by atoms with Crippen molar-refractivity contribution in [2.75, 3.05) is 37.8 Å². The van der Waals surface area contributed by atoms with Crippen molar-refractivity contribution in [1.29, 1.82) is 0 Å². The van der Waals surface area contributed by atoms with Crippen LogP contribution in [-0.2, 0) is 33.9 Å². The van der Waals surface area contributed by atoms with Gasteiger partial charge in [0.25, 0.3) is 17.9 Å². The second-order valence-electron chi connectivity index (χ2n) is 10.0. The van der Waals surface area contributed by atoms with Crippen molar-refractivity contribution in [3.05, 3.63) is 41.4 Å². The minimum Gasteiger partial charge on any atom is -0.489 e. The zero-order valence-electron chi connectivity index (χ0n) is 24.1. The molecule has 1 fully saturated rings. The quantitative estimate of drug-likeness (QED) is 0.0410. The molecule has 0 spiro atoms. The van der Waals surface area contributed by atoms with Crippen molar-refractivity contribution < 1.29 is 46.3 Å². The Morgan fingerprint density at radius 3 is 2.60 bits per heavy atom. The summed E-state index contributed by atoms with van der Waals surface area (Å²) in [4.78, 5) is 51.3. The molecule has 0 unspecified atom stereocenters. The maximum Gasteiger partial charge on any atom is 0.418 e. The van der Waals surface area contributed by atoms with Crippen molar-refractivity contribution in [1.82, 2.24) is 25.7 Å². The number of pyridine rings is 1. The van der Waals surface area contributed by atoms with Gasteiger partial charge in [0.05, 0.1) is 11.1 Å². The van der Waals surface area contributed by atoms with E-state index in [1.165, 1.54) is 19.2 Å². The number of hydroxylamine groups is 2. The molecule has 0 bridgehead atoms. The van der Waals surface area contributed by atoms with Crippen molar-refractivity contribution in [2.24, 2.45) is 5.16 Å². The Bertz CT molecular complexity index is 1730. The van der Waals surface area contributed by atoms with Crippen LogP contribution in [-0.4, -0.2) is 101 Å². The molecule has 20 heteroatoms. The summed E-state index contributed by atoms with van der Waals surface area (Å²) in [7, 11) is -3.17. The standard InChI is InChI=1S/C25H30N8O10S2/c1-25(2)20(22(35)33(25)43-45(38,39)40)31-21(34)19(16-12-44-24(26)30-16)32-42-17(23(36)37)11-41-14-5-6-15-13(10-14)4-7-18(29-15)28-9-8-27-3/h4-7,10,12,17,20,27H,8-9,11H2,1-3H3,(H2,26,30)(H,28,29)(H,31,34)(H,36,37)(H,38,39,40)/b32-19-/t17-,20+/m0/s1. The van der Waals surface area contributed by atoms with Crippen molar-refractivity contribution in [3.63, 3.8) is 0 Å².